The fourth-order valence-corrected chi connectivity index (χ4v) is 5.40. The van der Waals surface area contributed by atoms with Crippen LogP contribution in [0.5, 0.6) is 0 Å². The highest BCUT2D eigenvalue weighted by Gasteiger charge is 2.19. The van der Waals surface area contributed by atoms with Crippen molar-refractivity contribution in [2.75, 3.05) is 19.6 Å². The number of benzene rings is 3. The molecule has 0 aliphatic carbocycles. The molecule has 0 aromatic heterocycles. The van der Waals surface area contributed by atoms with Gasteiger partial charge in [0.25, 0.3) is 0 Å². The molecule has 0 fully saturated rings. The lowest BCUT2D eigenvalue weighted by atomic mass is 9.87. The molecule has 1 heterocycles. The first kappa shape index (κ1) is 23.5. The molecule has 33 heavy (non-hydrogen) atoms. The second-order valence-electron chi connectivity index (χ2n) is 8.24. The van der Waals surface area contributed by atoms with Crippen molar-refractivity contribution in [1.29, 1.82) is 0 Å². The molecule has 0 spiro atoms. The summed E-state index contributed by atoms with van der Waals surface area (Å²) < 4.78 is 52.7. The quantitative estimate of drug-likeness (QED) is 0.380. The molecule has 0 amide bonds. The molecule has 1 aliphatic rings. The van der Waals surface area contributed by atoms with Crippen molar-refractivity contribution in [3.8, 4) is 0 Å². The zero-order chi connectivity index (χ0) is 23.2. The van der Waals surface area contributed by atoms with Crippen molar-refractivity contribution in [2.45, 2.75) is 30.1 Å². The van der Waals surface area contributed by atoms with E-state index in [9.17, 15) is 17.4 Å². The molecular formula is C27H26F3NOS. The Labute approximate surface area is 195 Å². The summed E-state index contributed by atoms with van der Waals surface area (Å²) in [5.41, 5.74) is 2.03. The first-order valence-electron chi connectivity index (χ1n) is 11.1. The van der Waals surface area contributed by atoms with Gasteiger partial charge in [-0.2, -0.15) is 0 Å². The van der Waals surface area contributed by atoms with Crippen LogP contribution in [0.25, 0.3) is 0 Å². The van der Waals surface area contributed by atoms with Crippen molar-refractivity contribution >= 4 is 10.8 Å². The molecule has 6 heteroatoms. The van der Waals surface area contributed by atoms with Crippen LogP contribution in [0.3, 0.4) is 0 Å². The fraction of sp³-hybridized carbons (Fsp3) is 0.259. The summed E-state index contributed by atoms with van der Waals surface area (Å²) in [5, 5.41) is 0. The highest BCUT2D eigenvalue weighted by atomic mass is 32.2. The second kappa shape index (κ2) is 10.9. The lowest BCUT2D eigenvalue weighted by molar-refractivity contribution is 0.288. The van der Waals surface area contributed by atoms with Gasteiger partial charge in [-0.25, -0.2) is 17.4 Å². The van der Waals surface area contributed by atoms with Gasteiger partial charge in [-0.1, -0.05) is 30.3 Å². The Hall–Kier alpha value is -2.70. The zero-order valence-corrected chi connectivity index (χ0v) is 19.0. The largest absolute Gasteiger partial charge is 0.299 e. The summed E-state index contributed by atoms with van der Waals surface area (Å²) in [4.78, 5) is 3.82. The Balaban J connectivity index is 1.35. The van der Waals surface area contributed by atoms with Crippen LogP contribution in [-0.4, -0.2) is 28.7 Å². The Morgan fingerprint density at radius 3 is 1.79 bits per heavy atom. The van der Waals surface area contributed by atoms with E-state index in [-0.39, 0.29) is 23.4 Å². The van der Waals surface area contributed by atoms with Crippen molar-refractivity contribution < 1.29 is 17.4 Å². The summed E-state index contributed by atoms with van der Waals surface area (Å²) >= 11 is 0. The number of rotatable bonds is 8. The highest BCUT2D eigenvalue weighted by Crippen LogP contribution is 2.30. The predicted molar refractivity (Wildman–Crippen MR) is 126 cm³/mol. The van der Waals surface area contributed by atoms with E-state index in [2.05, 4.69) is 4.90 Å². The third kappa shape index (κ3) is 6.21. The smallest absolute Gasteiger partial charge is 0.123 e. The third-order valence-electron chi connectivity index (χ3n) is 6.03. The lowest BCUT2D eigenvalue weighted by Crippen LogP contribution is -2.30. The molecule has 0 saturated heterocycles. The number of hydrogen-bond acceptors (Lipinski definition) is 2. The molecule has 0 unspecified atom stereocenters. The third-order valence-corrected chi connectivity index (χ3v) is 7.58. The van der Waals surface area contributed by atoms with Gasteiger partial charge in [0.2, 0.25) is 0 Å². The maximum atomic E-state index is 13.4. The molecule has 0 bridgehead atoms. The fourth-order valence-electron chi connectivity index (χ4n) is 4.21. The Morgan fingerprint density at radius 1 is 0.788 bits per heavy atom. The SMILES string of the molecule is O=[S@](C1=CCN(CCCC(c2ccc(F)cc2)c2ccc(F)cc2)CC1)c1ccc(F)cc1. The summed E-state index contributed by atoms with van der Waals surface area (Å²) in [6, 6.07) is 18.8. The summed E-state index contributed by atoms with van der Waals surface area (Å²) in [5.74, 6) is -0.816. The van der Waals surface area contributed by atoms with Gasteiger partial charge < -0.3 is 0 Å². The maximum Gasteiger partial charge on any atom is 0.123 e. The van der Waals surface area contributed by atoms with Gasteiger partial charge in [0.05, 0.1) is 10.8 Å². The number of hydrogen-bond donors (Lipinski definition) is 0. The van der Waals surface area contributed by atoms with Crippen molar-refractivity contribution in [1.82, 2.24) is 4.90 Å². The second-order valence-corrected chi connectivity index (χ2v) is 9.77. The molecule has 4 rings (SSSR count). The average Bonchev–Trinajstić information content (AvgIpc) is 2.84. The molecule has 0 radical (unpaired) electrons. The summed E-state index contributed by atoms with van der Waals surface area (Å²) in [6.45, 7) is 2.42. The highest BCUT2D eigenvalue weighted by molar-refractivity contribution is 7.89. The van der Waals surface area contributed by atoms with Crippen molar-refractivity contribution in [3.05, 3.63) is 112 Å². The van der Waals surface area contributed by atoms with Crippen LogP contribution < -0.4 is 0 Å². The molecule has 0 N–H and O–H groups in total. The molecule has 2 nitrogen and oxygen atoms in total. The van der Waals surface area contributed by atoms with E-state index in [1.54, 1.807) is 36.4 Å². The standard InChI is InChI=1S/C27H26F3NOS/c28-22-7-3-20(4-8-22)27(21-5-9-23(29)10-6-21)2-1-17-31-18-15-26(16-19-31)33(32)25-13-11-24(30)12-14-25/h3-15,27H,1-2,16-19H2/t33-/m0/s1. The molecule has 1 atom stereocenters. The number of halogens is 3. The van der Waals surface area contributed by atoms with E-state index < -0.39 is 10.8 Å². The predicted octanol–water partition coefficient (Wildman–Crippen LogP) is 6.41. The molecule has 1 aliphatic heterocycles. The minimum absolute atomic E-state index is 0.0630. The van der Waals surface area contributed by atoms with Crippen LogP contribution >= 0.6 is 0 Å². The van der Waals surface area contributed by atoms with E-state index in [1.807, 2.05) is 6.08 Å². The monoisotopic (exact) mass is 469 g/mol. The van der Waals surface area contributed by atoms with Gasteiger partial charge in [0.1, 0.15) is 17.5 Å². The molecule has 3 aromatic rings. The zero-order valence-electron chi connectivity index (χ0n) is 18.2. The van der Waals surface area contributed by atoms with Crippen LogP contribution in [0, 0.1) is 17.5 Å². The van der Waals surface area contributed by atoms with Gasteiger partial charge in [-0.15, -0.1) is 0 Å². The van der Waals surface area contributed by atoms with E-state index >= 15 is 0 Å². The molecule has 0 saturated carbocycles. The first-order valence-corrected chi connectivity index (χ1v) is 12.2. The van der Waals surface area contributed by atoms with Crippen molar-refractivity contribution in [3.63, 3.8) is 0 Å². The Bertz CT molecular complexity index is 1070. The van der Waals surface area contributed by atoms with Crippen LogP contribution in [0.15, 0.2) is 88.7 Å². The van der Waals surface area contributed by atoms with Gasteiger partial charge in [-0.3, -0.25) is 4.90 Å². The first-order chi connectivity index (χ1) is 16.0. The lowest BCUT2D eigenvalue weighted by Gasteiger charge is -2.27. The van der Waals surface area contributed by atoms with Gasteiger partial charge in [-0.05, 0) is 85.5 Å². The topological polar surface area (TPSA) is 20.3 Å². The van der Waals surface area contributed by atoms with Gasteiger partial charge in [0.15, 0.2) is 0 Å². The Morgan fingerprint density at radius 2 is 1.30 bits per heavy atom. The Kier molecular flexibility index (Phi) is 7.78. The van der Waals surface area contributed by atoms with E-state index in [4.69, 9.17) is 0 Å². The normalized spacial score (nSPS) is 15.5. The van der Waals surface area contributed by atoms with Crippen LogP contribution in [-0.2, 0) is 10.8 Å². The average molecular weight is 470 g/mol. The molecule has 172 valence electrons. The summed E-state index contributed by atoms with van der Waals surface area (Å²) in [7, 11) is -1.25. The maximum absolute atomic E-state index is 13.4. The van der Waals surface area contributed by atoms with E-state index in [0.717, 1.165) is 48.5 Å². The molecular weight excluding hydrogens is 443 g/mol. The molecule has 3 aromatic carbocycles. The minimum Gasteiger partial charge on any atom is -0.299 e. The minimum atomic E-state index is -1.25. The van der Waals surface area contributed by atoms with Gasteiger partial charge >= 0.3 is 0 Å². The van der Waals surface area contributed by atoms with Gasteiger partial charge in [0, 0.05) is 28.8 Å². The van der Waals surface area contributed by atoms with Crippen LogP contribution in [0.4, 0.5) is 13.2 Å². The summed E-state index contributed by atoms with van der Waals surface area (Å²) in [6.07, 6.45) is 4.50. The van der Waals surface area contributed by atoms with Crippen molar-refractivity contribution in [2.24, 2.45) is 0 Å². The number of nitrogens with zero attached hydrogens (tertiary/aromatic N) is 1. The van der Waals surface area contributed by atoms with Crippen LogP contribution in [0.2, 0.25) is 0 Å². The van der Waals surface area contributed by atoms with E-state index in [0.29, 0.717) is 11.3 Å². The van der Waals surface area contributed by atoms with Crippen LogP contribution in [0.1, 0.15) is 36.3 Å². The van der Waals surface area contributed by atoms with E-state index in [1.165, 1.54) is 36.4 Å².